The van der Waals surface area contributed by atoms with Crippen LogP contribution in [0.2, 0.25) is 0 Å². The van der Waals surface area contributed by atoms with Crippen LogP contribution >= 0.6 is 35.3 Å². The lowest BCUT2D eigenvalue weighted by Crippen LogP contribution is -2.42. The van der Waals surface area contributed by atoms with E-state index in [2.05, 4.69) is 39.9 Å². The van der Waals surface area contributed by atoms with Crippen molar-refractivity contribution >= 4 is 41.3 Å². The molecule has 0 saturated heterocycles. The van der Waals surface area contributed by atoms with Gasteiger partial charge in [-0.1, -0.05) is 30.3 Å². The van der Waals surface area contributed by atoms with Crippen LogP contribution in [0.15, 0.2) is 46.8 Å². The van der Waals surface area contributed by atoms with Crippen molar-refractivity contribution in [2.24, 2.45) is 4.99 Å². The molecule has 1 aromatic carbocycles. The van der Waals surface area contributed by atoms with Gasteiger partial charge < -0.3 is 15.7 Å². The lowest BCUT2D eigenvalue weighted by Gasteiger charge is -2.30. The van der Waals surface area contributed by atoms with Crippen LogP contribution in [0.25, 0.3) is 0 Å². The fraction of sp³-hybridized carbons (Fsp3) is 0.421. The molecule has 0 saturated carbocycles. The Hall–Kier alpha value is -1.12. The molecule has 4 nitrogen and oxygen atoms in total. The minimum atomic E-state index is -0.931. The topological polar surface area (TPSA) is 56.7 Å². The molecule has 2 aromatic rings. The molecular weight excluding hydrogens is 445 g/mol. The number of aliphatic hydroxyl groups is 1. The quantitative estimate of drug-likeness (QED) is 0.344. The number of rotatable bonds is 6. The first-order chi connectivity index (χ1) is 11.6. The number of thiophene rings is 1. The van der Waals surface area contributed by atoms with Gasteiger partial charge in [0.25, 0.3) is 0 Å². The van der Waals surface area contributed by atoms with Crippen molar-refractivity contribution in [3.8, 4) is 0 Å². The largest absolute Gasteiger partial charge is 0.383 e. The number of benzene rings is 1. The molecule has 3 N–H and O–H groups in total. The first-order valence-electron chi connectivity index (χ1n) is 8.46. The lowest BCUT2D eigenvalue weighted by molar-refractivity contribution is 0.0711. The van der Waals surface area contributed by atoms with Crippen molar-refractivity contribution in [3.63, 3.8) is 0 Å². The maximum Gasteiger partial charge on any atom is 0.191 e. The van der Waals surface area contributed by atoms with Crippen molar-refractivity contribution < 1.29 is 5.11 Å². The molecule has 2 unspecified atom stereocenters. The highest BCUT2D eigenvalue weighted by Gasteiger charge is 2.26. The lowest BCUT2D eigenvalue weighted by atomic mass is 9.78. The molecule has 25 heavy (non-hydrogen) atoms. The van der Waals surface area contributed by atoms with Crippen LogP contribution in [0.3, 0.4) is 0 Å². The van der Waals surface area contributed by atoms with Gasteiger partial charge in [-0.25, -0.2) is 4.99 Å². The van der Waals surface area contributed by atoms with Crippen molar-refractivity contribution in [1.29, 1.82) is 0 Å². The zero-order valence-electron chi connectivity index (χ0n) is 14.7. The molecule has 0 radical (unpaired) electrons. The summed E-state index contributed by atoms with van der Waals surface area (Å²) in [5.41, 5.74) is 1.96. The second-order valence-electron chi connectivity index (χ2n) is 6.43. The zero-order chi connectivity index (χ0) is 17.0. The number of halogens is 1. The second kappa shape index (κ2) is 9.00. The molecule has 0 amide bonds. The van der Waals surface area contributed by atoms with E-state index in [9.17, 15) is 5.11 Å². The van der Waals surface area contributed by atoms with Gasteiger partial charge in [0.1, 0.15) is 5.60 Å². The highest BCUT2D eigenvalue weighted by atomic mass is 127. The van der Waals surface area contributed by atoms with Gasteiger partial charge in [0, 0.05) is 23.9 Å². The van der Waals surface area contributed by atoms with Crippen molar-refractivity contribution in [2.75, 3.05) is 19.6 Å². The summed E-state index contributed by atoms with van der Waals surface area (Å²) in [4.78, 5) is 5.52. The van der Waals surface area contributed by atoms with Gasteiger partial charge in [-0.2, -0.15) is 0 Å². The van der Waals surface area contributed by atoms with E-state index in [1.807, 2.05) is 31.4 Å². The van der Waals surface area contributed by atoms with Gasteiger partial charge >= 0.3 is 0 Å². The first kappa shape index (κ1) is 20.2. The molecule has 1 heterocycles. The summed E-state index contributed by atoms with van der Waals surface area (Å²) in [5, 5.41) is 19.3. The Labute approximate surface area is 170 Å². The first-order valence-corrected chi connectivity index (χ1v) is 9.34. The van der Waals surface area contributed by atoms with E-state index in [0.29, 0.717) is 12.5 Å². The molecule has 0 aliphatic heterocycles. The van der Waals surface area contributed by atoms with Crippen molar-refractivity contribution in [3.05, 3.63) is 57.8 Å². The number of nitrogens with zero attached hydrogens (tertiary/aromatic N) is 1. The summed E-state index contributed by atoms with van der Waals surface area (Å²) in [7, 11) is 0. The molecule has 0 spiro atoms. The molecule has 0 fully saturated rings. The Kier molecular flexibility index (Phi) is 7.27. The molecule has 136 valence electrons. The third-order valence-electron chi connectivity index (χ3n) is 4.42. The van der Waals surface area contributed by atoms with E-state index >= 15 is 0 Å². The predicted octanol–water partition coefficient (Wildman–Crippen LogP) is 3.47. The minimum Gasteiger partial charge on any atom is -0.383 e. The molecule has 6 heteroatoms. The zero-order valence-corrected chi connectivity index (χ0v) is 17.8. The summed E-state index contributed by atoms with van der Waals surface area (Å²) in [5.74, 6) is 1.31. The Morgan fingerprint density at radius 2 is 2.08 bits per heavy atom. The number of hydrogen-bond donors (Lipinski definition) is 3. The van der Waals surface area contributed by atoms with Gasteiger partial charge in [0.2, 0.25) is 0 Å². The summed E-state index contributed by atoms with van der Waals surface area (Å²) >= 11 is 1.56. The molecule has 1 aromatic heterocycles. The molecule has 1 aliphatic rings. The number of aliphatic imine (C=N–C) groups is 1. The third-order valence-corrected chi connectivity index (χ3v) is 5.54. The van der Waals surface area contributed by atoms with E-state index in [4.69, 9.17) is 0 Å². The van der Waals surface area contributed by atoms with Crippen LogP contribution in [0, 0.1) is 0 Å². The SMILES string of the molecule is CCNC(=NCC(C)(O)c1cccs1)NCC1Cc2ccccc21.I. The van der Waals surface area contributed by atoms with E-state index < -0.39 is 5.60 Å². The van der Waals surface area contributed by atoms with Crippen LogP contribution in [0.5, 0.6) is 0 Å². The number of nitrogens with one attached hydrogen (secondary N) is 2. The summed E-state index contributed by atoms with van der Waals surface area (Å²) in [6, 6.07) is 12.5. The van der Waals surface area contributed by atoms with Crippen LogP contribution in [0.4, 0.5) is 0 Å². The Bertz CT molecular complexity index is 700. The summed E-state index contributed by atoms with van der Waals surface area (Å²) in [6.07, 6.45) is 1.12. The summed E-state index contributed by atoms with van der Waals surface area (Å²) < 4.78 is 0. The normalized spacial score (nSPS) is 18.4. The minimum absolute atomic E-state index is 0. The van der Waals surface area contributed by atoms with E-state index in [0.717, 1.165) is 30.3 Å². The van der Waals surface area contributed by atoms with E-state index in [-0.39, 0.29) is 24.0 Å². The standard InChI is InChI=1S/C19H25N3OS.HI/c1-3-20-18(22-13-19(2,23)17-9-6-10-24-17)21-12-15-11-14-7-4-5-8-16(14)15;/h4-10,15,23H,3,11-13H2,1-2H3,(H2,20,21,22);1H. The maximum atomic E-state index is 10.6. The smallest absolute Gasteiger partial charge is 0.191 e. The van der Waals surface area contributed by atoms with Crippen molar-refractivity contribution in [2.45, 2.75) is 31.8 Å². The van der Waals surface area contributed by atoms with Gasteiger partial charge in [-0.15, -0.1) is 35.3 Å². The number of guanidine groups is 1. The fourth-order valence-electron chi connectivity index (χ4n) is 3.00. The van der Waals surface area contributed by atoms with E-state index in [1.54, 1.807) is 11.3 Å². The van der Waals surface area contributed by atoms with Crippen LogP contribution < -0.4 is 10.6 Å². The van der Waals surface area contributed by atoms with Crippen LogP contribution in [0.1, 0.15) is 35.8 Å². The van der Waals surface area contributed by atoms with E-state index in [1.165, 1.54) is 11.1 Å². The number of fused-ring (bicyclic) bond motifs is 1. The van der Waals surface area contributed by atoms with Gasteiger partial charge in [-0.05, 0) is 42.8 Å². The van der Waals surface area contributed by atoms with Crippen molar-refractivity contribution in [1.82, 2.24) is 10.6 Å². The molecule has 3 rings (SSSR count). The fourth-order valence-corrected chi connectivity index (χ4v) is 3.78. The van der Waals surface area contributed by atoms with Gasteiger partial charge in [-0.3, -0.25) is 0 Å². The highest BCUT2D eigenvalue weighted by Crippen LogP contribution is 2.34. The summed E-state index contributed by atoms with van der Waals surface area (Å²) in [6.45, 7) is 5.86. The number of hydrogen-bond acceptors (Lipinski definition) is 3. The monoisotopic (exact) mass is 471 g/mol. The van der Waals surface area contributed by atoms with Crippen LogP contribution in [-0.2, 0) is 12.0 Å². The molecule has 0 bridgehead atoms. The average molecular weight is 471 g/mol. The Morgan fingerprint density at radius 1 is 1.28 bits per heavy atom. The van der Waals surface area contributed by atoms with Gasteiger partial charge in [0.15, 0.2) is 5.96 Å². The molecule has 2 atom stereocenters. The molecule has 1 aliphatic carbocycles. The second-order valence-corrected chi connectivity index (χ2v) is 7.37. The Balaban J connectivity index is 0.00000225. The Morgan fingerprint density at radius 3 is 2.76 bits per heavy atom. The van der Waals surface area contributed by atoms with Gasteiger partial charge in [0.05, 0.1) is 6.54 Å². The highest BCUT2D eigenvalue weighted by molar-refractivity contribution is 14.0. The average Bonchev–Trinajstić information content (AvgIpc) is 3.09. The third kappa shape index (κ3) is 4.95. The molecular formula is C19H26IN3OS. The van der Waals surface area contributed by atoms with Crippen LogP contribution in [-0.4, -0.2) is 30.7 Å². The predicted molar refractivity (Wildman–Crippen MR) is 116 cm³/mol. The maximum absolute atomic E-state index is 10.6.